The van der Waals surface area contributed by atoms with E-state index in [1.165, 1.54) is 17.8 Å². The van der Waals surface area contributed by atoms with Crippen LogP contribution < -0.4 is 16.4 Å². The van der Waals surface area contributed by atoms with Crippen LogP contribution in [0.15, 0.2) is 60.0 Å². The van der Waals surface area contributed by atoms with Gasteiger partial charge in [-0.25, -0.2) is 4.98 Å². The summed E-state index contributed by atoms with van der Waals surface area (Å²) in [6.07, 6.45) is 6.12. The van der Waals surface area contributed by atoms with E-state index < -0.39 is 0 Å². The first-order valence-electron chi connectivity index (χ1n) is 11.5. The van der Waals surface area contributed by atoms with E-state index in [0.29, 0.717) is 17.2 Å². The molecule has 0 aliphatic heterocycles. The van der Waals surface area contributed by atoms with Crippen molar-refractivity contribution in [1.82, 2.24) is 10.3 Å². The Morgan fingerprint density at radius 2 is 1.76 bits per heavy atom. The number of nitrogen functional groups attached to an aromatic ring is 1. The number of nitrogens with zero attached hydrogens (tertiary/aromatic N) is 1. The summed E-state index contributed by atoms with van der Waals surface area (Å²) in [6.45, 7) is 0. The molecule has 7 heteroatoms. The van der Waals surface area contributed by atoms with Gasteiger partial charge in [-0.15, -0.1) is 11.3 Å². The van der Waals surface area contributed by atoms with Gasteiger partial charge in [0.05, 0.1) is 5.69 Å². The highest BCUT2D eigenvalue weighted by Gasteiger charge is 2.24. The van der Waals surface area contributed by atoms with Gasteiger partial charge in [-0.3, -0.25) is 9.59 Å². The first-order valence-corrected chi connectivity index (χ1v) is 12.4. The summed E-state index contributed by atoms with van der Waals surface area (Å²) >= 11 is 1.40. The van der Waals surface area contributed by atoms with Crippen molar-refractivity contribution in [2.45, 2.75) is 51.0 Å². The molecule has 0 unspecified atom stereocenters. The molecule has 4 rings (SSSR count). The van der Waals surface area contributed by atoms with Crippen LogP contribution in [-0.4, -0.2) is 22.8 Å². The Morgan fingerprint density at radius 3 is 2.42 bits per heavy atom. The third kappa shape index (κ3) is 6.65. The molecule has 2 amide bonds. The summed E-state index contributed by atoms with van der Waals surface area (Å²) in [5, 5.41) is 8.57. The van der Waals surface area contributed by atoms with Crippen LogP contribution >= 0.6 is 11.3 Å². The van der Waals surface area contributed by atoms with Crippen molar-refractivity contribution in [3.05, 3.63) is 65.5 Å². The number of aromatic nitrogens is 1. The van der Waals surface area contributed by atoms with Crippen LogP contribution in [0.1, 0.15) is 44.1 Å². The maximum Gasteiger partial charge on any atom is 0.226 e. The molecule has 0 saturated heterocycles. The third-order valence-corrected chi connectivity index (χ3v) is 6.74. The number of hydrogen-bond donors (Lipinski definition) is 3. The van der Waals surface area contributed by atoms with Crippen molar-refractivity contribution in [2.24, 2.45) is 5.92 Å². The molecular weight excluding hydrogens is 432 g/mol. The number of thiazole rings is 1. The third-order valence-electron chi connectivity index (χ3n) is 6.07. The van der Waals surface area contributed by atoms with E-state index in [9.17, 15) is 9.59 Å². The number of nitrogens with two attached hydrogens (primary N) is 1. The van der Waals surface area contributed by atoms with Crippen molar-refractivity contribution < 1.29 is 9.59 Å². The van der Waals surface area contributed by atoms with Crippen molar-refractivity contribution in [3.8, 4) is 11.3 Å². The van der Waals surface area contributed by atoms with Crippen molar-refractivity contribution in [3.63, 3.8) is 0 Å². The molecule has 2 aromatic carbocycles. The van der Waals surface area contributed by atoms with E-state index in [1.807, 2.05) is 60.0 Å². The average Bonchev–Trinajstić information content (AvgIpc) is 3.27. The molecule has 4 N–H and O–H groups in total. The highest BCUT2D eigenvalue weighted by atomic mass is 32.1. The first-order chi connectivity index (χ1) is 16.1. The monoisotopic (exact) mass is 462 g/mol. The van der Waals surface area contributed by atoms with Gasteiger partial charge in [0.1, 0.15) is 0 Å². The molecule has 1 aromatic heterocycles. The van der Waals surface area contributed by atoms with Gasteiger partial charge in [0.15, 0.2) is 5.13 Å². The average molecular weight is 463 g/mol. The number of amides is 2. The van der Waals surface area contributed by atoms with Gasteiger partial charge in [0, 0.05) is 35.0 Å². The molecular formula is C26H30N4O2S. The number of carbonyl (C=O) groups excluding carboxylic acids is 2. The highest BCUT2D eigenvalue weighted by Crippen LogP contribution is 2.25. The summed E-state index contributed by atoms with van der Waals surface area (Å²) < 4.78 is 0. The van der Waals surface area contributed by atoms with Gasteiger partial charge in [0.25, 0.3) is 0 Å². The Balaban J connectivity index is 1.38. The van der Waals surface area contributed by atoms with Gasteiger partial charge >= 0.3 is 0 Å². The van der Waals surface area contributed by atoms with Crippen LogP contribution in [0.5, 0.6) is 0 Å². The lowest BCUT2D eigenvalue weighted by molar-refractivity contribution is -0.127. The fourth-order valence-electron chi connectivity index (χ4n) is 4.34. The van der Waals surface area contributed by atoms with Gasteiger partial charge in [0.2, 0.25) is 11.8 Å². The van der Waals surface area contributed by atoms with E-state index in [-0.39, 0.29) is 30.2 Å². The van der Waals surface area contributed by atoms with E-state index in [4.69, 9.17) is 5.73 Å². The predicted molar refractivity (Wildman–Crippen MR) is 134 cm³/mol. The lowest BCUT2D eigenvalue weighted by atomic mass is 9.88. The topological polar surface area (TPSA) is 97.1 Å². The Labute approximate surface area is 198 Å². The van der Waals surface area contributed by atoms with Crippen LogP contribution in [0.25, 0.3) is 11.3 Å². The molecule has 3 aromatic rings. The Hall–Kier alpha value is -3.19. The maximum atomic E-state index is 12.9. The molecule has 1 saturated carbocycles. The minimum atomic E-state index is -0.251. The SMILES string of the molecule is Nc1nc(-c2ccc(NC(=O)C[C@@H](Cc3ccccc3)NC(=O)C3CCCCC3)cc2)cs1. The van der Waals surface area contributed by atoms with Crippen molar-refractivity contribution >= 4 is 34.0 Å². The largest absolute Gasteiger partial charge is 0.375 e. The molecule has 1 aliphatic carbocycles. The van der Waals surface area contributed by atoms with Gasteiger partial charge in [-0.2, -0.15) is 0 Å². The van der Waals surface area contributed by atoms with Gasteiger partial charge in [-0.1, -0.05) is 61.7 Å². The Kier molecular flexibility index (Phi) is 7.73. The van der Waals surface area contributed by atoms with Crippen LogP contribution in [0, 0.1) is 5.92 Å². The predicted octanol–water partition coefficient (Wildman–Crippen LogP) is 5.03. The summed E-state index contributed by atoms with van der Waals surface area (Å²) in [5.41, 5.74) is 9.30. The smallest absolute Gasteiger partial charge is 0.226 e. The minimum Gasteiger partial charge on any atom is -0.375 e. The summed E-state index contributed by atoms with van der Waals surface area (Å²) in [5.74, 6) is 0.0215. The number of nitrogens with one attached hydrogen (secondary N) is 2. The quantitative estimate of drug-likeness (QED) is 0.437. The van der Waals surface area contributed by atoms with E-state index in [2.05, 4.69) is 15.6 Å². The van der Waals surface area contributed by atoms with Crippen LogP contribution in [-0.2, 0) is 16.0 Å². The number of carbonyl (C=O) groups is 2. The zero-order valence-corrected chi connectivity index (χ0v) is 19.4. The number of hydrogen-bond acceptors (Lipinski definition) is 5. The van der Waals surface area contributed by atoms with Crippen molar-refractivity contribution in [1.29, 1.82) is 0 Å². The molecule has 172 valence electrons. The number of anilines is 2. The zero-order chi connectivity index (χ0) is 23.0. The zero-order valence-electron chi connectivity index (χ0n) is 18.6. The standard InChI is InChI=1S/C26H30N4O2S/c27-26-30-23(17-33-26)19-11-13-21(14-12-19)28-24(31)16-22(15-18-7-3-1-4-8-18)29-25(32)20-9-5-2-6-10-20/h1,3-4,7-8,11-14,17,20,22H,2,5-6,9-10,15-16H2,(H2,27,30)(H,28,31)(H,29,32)/t22-/m1/s1. The molecule has 0 bridgehead atoms. The van der Waals surface area contributed by atoms with Gasteiger partial charge in [-0.05, 0) is 37.0 Å². The van der Waals surface area contributed by atoms with Crippen molar-refractivity contribution in [2.75, 3.05) is 11.1 Å². The first kappa shape index (κ1) is 23.0. The minimum absolute atomic E-state index is 0.0624. The molecule has 1 aliphatic rings. The maximum absolute atomic E-state index is 12.9. The molecule has 1 fully saturated rings. The lowest BCUT2D eigenvalue weighted by Crippen LogP contribution is -2.42. The second kappa shape index (κ2) is 11.1. The van der Waals surface area contributed by atoms with E-state index in [1.54, 1.807) is 0 Å². The number of benzene rings is 2. The normalized spacial score (nSPS) is 15.0. The molecule has 1 atom stereocenters. The fraction of sp³-hybridized carbons (Fsp3) is 0.346. The molecule has 6 nitrogen and oxygen atoms in total. The van der Waals surface area contributed by atoms with Crippen LogP contribution in [0.3, 0.4) is 0 Å². The van der Waals surface area contributed by atoms with Crippen LogP contribution in [0.4, 0.5) is 10.8 Å². The fourth-order valence-corrected chi connectivity index (χ4v) is 4.91. The second-order valence-corrected chi connectivity index (χ2v) is 9.52. The highest BCUT2D eigenvalue weighted by molar-refractivity contribution is 7.13. The van der Waals surface area contributed by atoms with Crippen LogP contribution in [0.2, 0.25) is 0 Å². The molecule has 0 radical (unpaired) electrons. The van der Waals surface area contributed by atoms with E-state index in [0.717, 1.165) is 42.5 Å². The summed E-state index contributed by atoms with van der Waals surface area (Å²) in [4.78, 5) is 30.0. The Bertz CT molecular complexity index is 1060. The molecule has 1 heterocycles. The lowest BCUT2D eigenvalue weighted by Gasteiger charge is -2.25. The molecule has 33 heavy (non-hydrogen) atoms. The second-order valence-electron chi connectivity index (χ2n) is 8.63. The van der Waals surface area contributed by atoms with E-state index >= 15 is 0 Å². The summed E-state index contributed by atoms with van der Waals surface area (Å²) in [6, 6.07) is 17.3. The number of rotatable bonds is 8. The Morgan fingerprint density at radius 1 is 1.03 bits per heavy atom. The summed E-state index contributed by atoms with van der Waals surface area (Å²) in [7, 11) is 0. The molecule has 0 spiro atoms. The van der Waals surface area contributed by atoms with Gasteiger partial charge < -0.3 is 16.4 Å².